The SMILES string of the molecule is Cc1ccc(C)c(SCC(=O)Nc2cnccc2CO)c1. The van der Waals surface area contributed by atoms with Gasteiger partial charge in [0.25, 0.3) is 0 Å². The highest BCUT2D eigenvalue weighted by atomic mass is 32.2. The van der Waals surface area contributed by atoms with Gasteiger partial charge in [-0.25, -0.2) is 0 Å². The van der Waals surface area contributed by atoms with E-state index >= 15 is 0 Å². The van der Waals surface area contributed by atoms with Gasteiger partial charge >= 0.3 is 0 Å². The second-order valence-corrected chi connectivity index (χ2v) is 5.81. The number of pyridine rings is 1. The summed E-state index contributed by atoms with van der Waals surface area (Å²) in [4.78, 5) is 17.1. The molecule has 0 aliphatic rings. The molecule has 0 radical (unpaired) electrons. The molecule has 1 aromatic carbocycles. The molecule has 0 bridgehead atoms. The molecule has 110 valence electrons. The third kappa shape index (κ3) is 4.31. The van der Waals surface area contributed by atoms with Crippen LogP contribution in [0.2, 0.25) is 0 Å². The fourth-order valence-electron chi connectivity index (χ4n) is 1.87. The molecule has 0 saturated heterocycles. The number of carbonyl (C=O) groups is 1. The molecule has 0 unspecified atom stereocenters. The van der Waals surface area contributed by atoms with Crippen molar-refractivity contribution >= 4 is 23.4 Å². The molecule has 2 N–H and O–H groups in total. The lowest BCUT2D eigenvalue weighted by Gasteiger charge is -2.09. The molecule has 0 aliphatic heterocycles. The summed E-state index contributed by atoms with van der Waals surface area (Å²) in [6.45, 7) is 3.94. The van der Waals surface area contributed by atoms with E-state index in [0.29, 0.717) is 17.0 Å². The summed E-state index contributed by atoms with van der Waals surface area (Å²) >= 11 is 1.51. The number of rotatable bonds is 5. The van der Waals surface area contributed by atoms with Crippen molar-refractivity contribution < 1.29 is 9.90 Å². The lowest BCUT2D eigenvalue weighted by atomic mass is 10.2. The Labute approximate surface area is 128 Å². The number of thioether (sulfide) groups is 1. The molecule has 1 amide bonds. The maximum Gasteiger partial charge on any atom is 0.234 e. The van der Waals surface area contributed by atoms with Gasteiger partial charge in [-0.05, 0) is 31.5 Å². The van der Waals surface area contributed by atoms with Gasteiger partial charge in [-0.1, -0.05) is 17.7 Å². The van der Waals surface area contributed by atoms with Gasteiger partial charge in [-0.15, -0.1) is 11.8 Å². The van der Waals surface area contributed by atoms with Crippen LogP contribution in [0.1, 0.15) is 16.7 Å². The fourth-order valence-corrected chi connectivity index (χ4v) is 2.79. The van der Waals surface area contributed by atoms with Gasteiger partial charge in [0.2, 0.25) is 5.91 Å². The molecule has 1 heterocycles. The Morgan fingerprint density at radius 2 is 2.14 bits per heavy atom. The molecule has 4 nitrogen and oxygen atoms in total. The van der Waals surface area contributed by atoms with E-state index in [1.54, 1.807) is 18.5 Å². The Morgan fingerprint density at radius 1 is 1.33 bits per heavy atom. The molecule has 0 saturated carbocycles. The maximum atomic E-state index is 12.0. The molecule has 21 heavy (non-hydrogen) atoms. The second kappa shape index (κ2) is 7.24. The molecule has 1 aromatic heterocycles. The van der Waals surface area contributed by atoms with Crippen LogP contribution < -0.4 is 5.32 Å². The van der Waals surface area contributed by atoms with Crippen LogP contribution in [0, 0.1) is 13.8 Å². The van der Waals surface area contributed by atoms with Crippen molar-refractivity contribution in [3.8, 4) is 0 Å². The molecule has 2 aromatic rings. The number of aliphatic hydroxyl groups excluding tert-OH is 1. The fraction of sp³-hybridized carbons (Fsp3) is 0.250. The molecule has 0 spiro atoms. The summed E-state index contributed by atoms with van der Waals surface area (Å²) in [5.41, 5.74) is 3.57. The van der Waals surface area contributed by atoms with Crippen LogP contribution in [0.3, 0.4) is 0 Å². The minimum absolute atomic E-state index is 0.108. The number of amides is 1. The average molecular weight is 302 g/mol. The highest BCUT2D eigenvalue weighted by Gasteiger charge is 2.08. The van der Waals surface area contributed by atoms with Gasteiger partial charge in [0, 0.05) is 16.7 Å². The van der Waals surface area contributed by atoms with Crippen molar-refractivity contribution in [2.75, 3.05) is 11.1 Å². The van der Waals surface area contributed by atoms with Crippen molar-refractivity contribution in [1.29, 1.82) is 0 Å². The van der Waals surface area contributed by atoms with Gasteiger partial charge in [0.1, 0.15) is 0 Å². The van der Waals surface area contributed by atoms with Crippen molar-refractivity contribution in [3.05, 3.63) is 53.3 Å². The van der Waals surface area contributed by atoms with E-state index in [4.69, 9.17) is 0 Å². The van der Waals surface area contributed by atoms with Crippen LogP contribution in [0.25, 0.3) is 0 Å². The van der Waals surface area contributed by atoms with E-state index in [9.17, 15) is 9.90 Å². The van der Waals surface area contributed by atoms with Crippen LogP contribution in [0.4, 0.5) is 5.69 Å². The van der Waals surface area contributed by atoms with Crippen LogP contribution >= 0.6 is 11.8 Å². The summed E-state index contributed by atoms with van der Waals surface area (Å²) in [6.07, 6.45) is 3.14. The number of carbonyl (C=O) groups excluding carboxylic acids is 1. The zero-order valence-electron chi connectivity index (χ0n) is 12.1. The van der Waals surface area contributed by atoms with Crippen molar-refractivity contribution in [3.63, 3.8) is 0 Å². The van der Waals surface area contributed by atoms with E-state index in [-0.39, 0.29) is 12.5 Å². The number of nitrogens with one attached hydrogen (secondary N) is 1. The number of hydrogen-bond acceptors (Lipinski definition) is 4. The minimum Gasteiger partial charge on any atom is -0.392 e. The quantitative estimate of drug-likeness (QED) is 0.834. The summed E-state index contributed by atoms with van der Waals surface area (Å²) in [6, 6.07) is 7.88. The number of aryl methyl sites for hydroxylation is 2. The van der Waals surface area contributed by atoms with Crippen molar-refractivity contribution in [2.45, 2.75) is 25.3 Å². The number of hydrogen-bond donors (Lipinski definition) is 2. The first-order valence-corrected chi connectivity index (χ1v) is 7.62. The number of anilines is 1. The highest BCUT2D eigenvalue weighted by molar-refractivity contribution is 8.00. The number of aliphatic hydroxyl groups is 1. The smallest absolute Gasteiger partial charge is 0.234 e. The van der Waals surface area contributed by atoms with E-state index in [1.807, 2.05) is 13.8 Å². The molecular formula is C16H18N2O2S. The van der Waals surface area contributed by atoms with Crippen LogP contribution in [-0.2, 0) is 11.4 Å². The molecule has 2 rings (SSSR count). The van der Waals surface area contributed by atoms with Gasteiger partial charge in [-0.3, -0.25) is 9.78 Å². The van der Waals surface area contributed by atoms with E-state index in [0.717, 1.165) is 10.5 Å². The Balaban J connectivity index is 1.97. The first-order chi connectivity index (χ1) is 10.1. The maximum absolute atomic E-state index is 12.0. The van der Waals surface area contributed by atoms with Crippen LogP contribution in [-0.4, -0.2) is 21.8 Å². The molecule has 0 aliphatic carbocycles. The lowest BCUT2D eigenvalue weighted by Crippen LogP contribution is -2.15. The van der Waals surface area contributed by atoms with Gasteiger partial charge in [0.05, 0.1) is 24.2 Å². The molecule has 0 fully saturated rings. The third-order valence-corrected chi connectivity index (χ3v) is 4.22. The van der Waals surface area contributed by atoms with Gasteiger partial charge in [0.15, 0.2) is 0 Å². The summed E-state index contributed by atoms with van der Waals surface area (Å²) in [5, 5.41) is 12.0. The minimum atomic E-state index is -0.123. The first kappa shape index (κ1) is 15.5. The average Bonchev–Trinajstić information content (AvgIpc) is 2.49. The predicted octanol–water partition coefficient (Wildman–Crippen LogP) is 2.92. The first-order valence-electron chi connectivity index (χ1n) is 6.64. The lowest BCUT2D eigenvalue weighted by molar-refractivity contribution is -0.113. The Hall–Kier alpha value is -1.85. The highest BCUT2D eigenvalue weighted by Crippen LogP contribution is 2.24. The number of benzene rings is 1. The summed E-state index contributed by atoms with van der Waals surface area (Å²) in [5.74, 6) is 0.216. The van der Waals surface area contributed by atoms with Gasteiger partial charge in [-0.2, -0.15) is 0 Å². The normalized spacial score (nSPS) is 10.4. The number of aromatic nitrogens is 1. The summed E-state index contributed by atoms with van der Waals surface area (Å²) in [7, 11) is 0. The van der Waals surface area contributed by atoms with Crippen LogP contribution in [0.15, 0.2) is 41.6 Å². The largest absolute Gasteiger partial charge is 0.392 e. The molecule has 5 heteroatoms. The molecule has 0 atom stereocenters. The zero-order valence-corrected chi connectivity index (χ0v) is 12.9. The standard InChI is InChI=1S/C16H18N2O2S/c1-11-3-4-12(2)15(7-11)21-10-16(20)18-14-8-17-6-5-13(14)9-19/h3-8,19H,9-10H2,1-2H3,(H,18,20). The third-order valence-electron chi connectivity index (χ3n) is 3.06. The Kier molecular flexibility index (Phi) is 5.36. The zero-order chi connectivity index (χ0) is 15.2. The van der Waals surface area contributed by atoms with Crippen molar-refractivity contribution in [2.24, 2.45) is 0 Å². The van der Waals surface area contributed by atoms with Gasteiger partial charge < -0.3 is 10.4 Å². The monoisotopic (exact) mass is 302 g/mol. The number of nitrogens with zero attached hydrogens (tertiary/aromatic N) is 1. The van der Waals surface area contributed by atoms with E-state index in [1.165, 1.54) is 17.3 Å². The van der Waals surface area contributed by atoms with E-state index < -0.39 is 0 Å². The van der Waals surface area contributed by atoms with Crippen molar-refractivity contribution in [1.82, 2.24) is 4.98 Å². The summed E-state index contributed by atoms with van der Waals surface area (Å²) < 4.78 is 0. The Bertz CT molecular complexity index is 644. The predicted molar refractivity (Wildman–Crippen MR) is 85.4 cm³/mol. The topological polar surface area (TPSA) is 62.2 Å². The van der Waals surface area contributed by atoms with E-state index in [2.05, 4.69) is 28.5 Å². The van der Waals surface area contributed by atoms with Crippen LogP contribution in [0.5, 0.6) is 0 Å². The Morgan fingerprint density at radius 3 is 2.90 bits per heavy atom. The second-order valence-electron chi connectivity index (χ2n) is 4.80. The molecular weight excluding hydrogens is 284 g/mol.